The Hall–Kier alpha value is -2.47. The van der Waals surface area contributed by atoms with E-state index >= 15 is 0 Å². The molecule has 126 valence electrons. The van der Waals surface area contributed by atoms with Gasteiger partial charge in [-0.05, 0) is 12.6 Å². The smallest absolute Gasteiger partial charge is 0.274 e. The van der Waals surface area contributed by atoms with Gasteiger partial charge in [0.2, 0.25) is 0 Å². The molecular weight excluding hydrogens is 302 g/mol. The zero-order valence-electron chi connectivity index (χ0n) is 14.4. The molecule has 1 aliphatic rings. The topological polar surface area (TPSA) is 52.6 Å². The lowest BCUT2D eigenvalue weighted by molar-refractivity contribution is 0.0492. The average molecular weight is 325 g/mol. The molecule has 1 aliphatic heterocycles. The second-order valence-corrected chi connectivity index (χ2v) is 6.34. The molecule has 24 heavy (non-hydrogen) atoms. The van der Waals surface area contributed by atoms with E-state index in [2.05, 4.69) is 34.0 Å². The Morgan fingerprint density at radius 1 is 1.12 bits per heavy atom. The van der Waals surface area contributed by atoms with Crippen LogP contribution in [0.25, 0.3) is 0 Å². The summed E-state index contributed by atoms with van der Waals surface area (Å²) in [5.41, 5.74) is 1.54. The first-order valence-corrected chi connectivity index (χ1v) is 8.10. The van der Waals surface area contributed by atoms with Gasteiger partial charge < -0.3 is 14.7 Å². The number of carbonyl (C=O) groups excluding carboxylic acids is 1. The van der Waals surface area contributed by atoms with Gasteiger partial charge in [-0.2, -0.15) is 0 Å². The number of piperazine rings is 1. The molecule has 1 atom stereocenters. The van der Waals surface area contributed by atoms with Gasteiger partial charge in [0.1, 0.15) is 11.5 Å². The Bertz CT molecular complexity index is 686. The fraction of sp³-hybridized carbons (Fsp3) is 0.389. The van der Waals surface area contributed by atoms with Gasteiger partial charge in [-0.15, -0.1) is 0 Å². The summed E-state index contributed by atoms with van der Waals surface area (Å²) in [6.07, 6.45) is 3.21. The zero-order valence-corrected chi connectivity index (χ0v) is 14.4. The monoisotopic (exact) mass is 325 g/mol. The van der Waals surface area contributed by atoms with Crippen LogP contribution >= 0.6 is 0 Å². The largest absolute Gasteiger partial charge is 0.361 e. The fourth-order valence-electron chi connectivity index (χ4n) is 2.93. The predicted octanol–water partition coefficient (Wildman–Crippen LogP) is 1.67. The molecule has 2 heterocycles. The van der Waals surface area contributed by atoms with Crippen molar-refractivity contribution in [1.82, 2.24) is 19.8 Å². The molecule has 0 radical (unpaired) electrons. The van der Waals surface area contributed by atoms with Crippen molar-refractivity contribution in [1.29, 1.82) is 0 Å². The summed E-state index contributed by atoms with van der Waals surface area (Å²) in [4.78, 5) is 27.6. The number of nitrogens with zero attached hydrogens (tertiary/aromatic N) is 5. The summed E-state index contributed by atoms with van der Waals surface area (Å²) in [6.45, 7) is 2.36. The standard InChI is InChI=1S/C18H23N5O/c1-21(2)17-12-19-15(11-20-17)18(24)23-10-9-22(3)13-16(23)14-7-5-4-6-8-14/h4-8,11-12,16H,9-10,13H2,1-3H3. The van der Waals surface area contributed by atoms with E-state index in [1.807, 2.05) is 42.1 Å². The van der Waals surface area contributed by atoms with Gasteiger partial charge in [0.15, 0.2) is 0 Å². The summed E-state index contributed by atoms with van der Waals surface area (Å²) >= 11 is 0. The quantitative estimate of drug-likeness (QED) is 0.859. The van der Waals surface area contributed by atoms with Crippen molar-refractivity contribution >= 4 is 11.7 Å². The van der Waals surface area contributed by atoms with E-state index in [1.54, 1.807) is 12.4 Å². The Labute approximate surface area is 142 Å². The van der Waals surface area contributed by atoms with Crippen LogP contribution in [0.2, 0.25) is 0 Å². The number of likely N-dealkylation sites (N-methyl/N-ethyl adjacent to an activating group) is 1. The first-order chi connectivity index (χ1) is 11.6. The minimum Gasteiger partial charge on any atom is -0.361 e. The Morgan fingerprint density at radius 2 is 1.88 bits per heavy atom. The molecular formula is C18H23N5O. The lowest BCUT2D eigenvalue weighted by Gasteiger charge is -2.40. The van der Waals surface area contributed by atoms with Crippen LogP contribution in [0.5, 0.6) is 0 Å². The highest BCUT2D eigenvalue weighted by molar-refractivity contribution is 5.92. The predicted molar refractivity (Wildman–Crippen MR) is 94.1 cm³/mol. The van der Waals surface area contributed by atoms with Crippen LogP contribution in [-0.2, 0) is 0 Å². The molecule has 0 N–H and O–H groups in total. The number of amides is 1. The molecule has 6 heteroatoms. The average Bonchev–Trinajstić information content (AvgIpc) is 2.62. The van der Waals surface area contributed by atoms with Crippen molar-refractivity contribution in [3.63, 3.8) is 0 Å². The molecule has 1 aromatic heterocycles. The molecule has 0 bridgehead atoms. The summed E-state index contributed by atoms with van der Waals surface area (Å²) in [7, 11) is 5.89. The van der Waals surface area contributed by atoms with Crippen molar-refractivity contribution in [3.05, 3.63) is 54.0 Å². The lowest BCUT2D eigenvalue weighted by Crippen LogP contribution is -2.49. The highest BCUT2D eigenvalue weighted by atomic mass is 16.2. The minimum absolute atomic E-state index is 0.0350. The van der Waals surface area contributed by atoms with E-state index in [0.717, 1.165) is 24.5 Å². The highest BCUT2D eigenvalue weighted by Crippen LogP contribution is 2.26. The van der Waals surface area contributed by atoms with Crippen LogP contribution in [0.3, 0.4) is 0 Å². The second-order valence-electron chi connectivity index (χ2n) is 6.34. The number of anilines is 1. The van der Waals surface area contributed by atoms with Gasteiger partial charge in [0, 0.05) is 33.7 Å². The molecule has 1 aromatic carbocycles. The van der Waals surface area contributed by atoms with Crippen molar-refractivity contribution in [2.45, 2.75) is 6.04 Å². The molecule has 0 spiro atoms. The van der Waals surface area contributed by atoms with E-state index < -0.39 is 0 Å². The normalized spacial score (nSPS) is 18.5. The van der Waals surface area contributed by atoms with Crippen molar-refractivity contribution in [2.24, 2.45) is 0 Å². The van der Waals surface area contributed by atoms with E-state index in [1.165, 1.54) is 0 Å². The minimum atomic E-state index is -0.0604. The van der Waals surface area contributed by atoms with E-state index in [-0.39, 0.29) is 11.9 Å². The first kappa shape index (κ1) is 16.4. The molecule has 1 unspecified atom stereocenters. The van der Waals surface area contributed by atoms with Crippen LogP contribution in [0.4, 0.5) is 5.82 Å². The van der Waals surface area contributed by atoms with Gasteiger partial charge in [0.25, 0.3) is 5.91 Å². The molecule has 1 saturated heterocycles. The van der Waals surface area contributed by atoms with Gasteiger partial charge >= 0.3 is 0 Å². The third-order valence-electron chi connectivity index (χ3n) is 4.34. The van der Waals surface area contributed by atoms with Crippen LogP contribution in [0, 0.1) is 0 Å². The zero-order chi connectivity index (χ0) is 17.1. The van der Waals surface area contributed by atoms with Crippen LogP contribution in [0.1, 0.15) is 22.1 Å². The summed E-state index contributed by atoms with van der Waals surface area (Å²) in [5.74, 6) is 0.680. The second kappa shape index (κ2) is 6.97. The van der Waals surface area contributed by atoms with Crippen molar-refractivity contribution in [3.8, 4) is 0 Å². The molecule has 2 aromatic rings. The SMILES string of the molecule is CN1CCN(C(=O)c2cnc(N(C)C)cn2)C(c2ccccc2)C1. The third kappa shape index (κ3) is 3.38. The van der Waals surface area contributed by atoms with E-state index in [4.69, 9.17) is 0 Å². The molecule has 6 nitrogen and oxygen atoms in total. The van der Waals surface area contributed by atoms with E-state index in [9.17, 15) is 4.79 Å². The maximum absolute atomic E-state index is 13.0. The molecule has 0 aliphatic carbocycles. The van der Waals surface area contributed by atoms with E-state index in [0.29, 0.717) is 12.2 Å². The maximum Gasteiger partial charge on any atom is 0.274 e. The molecule has 0 saturated carbocycles. The molecule has 1 fully saturated rings. The van der Waals surface area contributed by atoms with Gasteiger partial charge in [-0.3, -0.25) is 4.79 Å². The van der Waals surface area contributed by atoms with Crippen LogP contribution in [-0.4, -0.2) is 66.5 Å². The number of aromatic nitrogens is 2. The molecule has 1 amide bonds. The van der Waals surface area contributed by atoms with Crippen molar-refractivity contribution < 1.29 is 4.79 Å². The Morgan fingerprint density at radius 3 is 2.50 bits per heavy atom. The molecule has 3 rings (SSSR count). The number of rotatable bonds is 3. The van der Waals surface area contributed by atoms with Crippen LogP contribution in [0.15, 0.2) is 42.7 Å². The van der Waals surface area contributed by atoms with Gasteiger partial charge in [-0.25, -0.2) is 9.97 Å². The fourth-order valence-corrected chi connectivity index (χ4v) is 2.93. The summed E-state index contributed by atoms with van der Waals surface area (Å²) in [6, 6.07) is 10.2. The number of hydrogen-bond acceptors (Lipinski definition) is 5. The number of hydrogen-bond donors (Lipinski definition) is 0. The Kier molecular flexibility index (Phi) is 4.76. The number of benzene rings is 1. The van der Waals surface area contributed by atoms with Gasteiger partial charge in [0.05, 0.1) is 18.4 Å². The maximum atomic E-state index is 13.0. The van der Waals surface area contributed by atoms with Crippen LogP contribution < -0.4 is 4.90 Å². The lowest BCUT2D eigenvalue weighted by atomic mass is 10.0. The third-order valence-corrected chi connectivity index (χ3v) is 4.34. The van der Waals surface area contributed by atoms with Crippen molar-refractivity contribution in [2.75, 3.05) is 45.7 Å². The first-order valence-electron chi connectivity index (χ1n) is 8.10. The Balaban J connectivity index is 1.86. The number of carbonyl (C=O) groups is 1. The summed E-state index contributed by atoms with van der Waals surface area (Å²) < 4.78 is 0. The van der Waals surface area contributed by atoms with Gasteiger partial charge in [-0.1, -0.05) is 30.3 Å². The summed E-state index contributed by atoms with van der Waals surface area (Å²) in [5, 5.41) is 0. The highest BCUT2D eigenvalue weighted by Gasteiger charge is 2.31.